The molecule has 0 bridgehead atoms. The fraction of sp³-hybridized carbons (Fsp3) is 0.286. The highest BCUT2D eigenvalue weighted by molar-refractivity contribution is 5.30. The Balaban J connectivity index is 2.10. The van der Waals surface area contributed by atoms with Gasteiger partial charge in [-0.1, -0.05) is 30.3 Å². The molecule has 1 atom stereocenters. The maximum Gasteiger partial charge on any atom is 0.460 e. The van der Waals surface area contributed by atoms with Crippen LogP contribution in [0.1, 0.15) is 17.3 Å². The lowest BCUT2D eigenvalue weighted by atomic mass is 10.0. The van der Waals surface area contributed by atoms with Crippen LogP contribution in [0.25, 0.3) is 0 Å². The zero-order valence-electron chi connectivity index (χ0n) is 10.1. The summed E-state index contributed by atoms with van der Waals surface area (Å²) in [6.07, 6.45) is -2.49. The zero-order chi connectivity index (χ0) is 13.5. The number of rotatable bonds is 1. The van der Waals surface area contributed by atoms with Crippen molar-refractivity contribution in [3.05, 3.63) is 59.9 Å². The quantitative estimate of drug-likeness (QED) is 0.718. The standard InChI is InChI=1S/C14H13F3N2/c15-14(16,17)19-10-9-18-8-4-7-12(18)13(19)11-5-2-1-3-6-11/h1-8,13H,9-10H2. The fourth-order valence-electron chi connectivity index (χ4n) is 2.64. The number of fused-ring (bicyclic) bond motifs is 1. The maximum atomic E-state index is 13.2. The van der Waals surface area contributed by atoms with Crippen LogP contribution in [-0.4, -0.2) is 22.3 Å². The first-order valence-corrected chi connectivity index (χ1v) is 6.11. The van der Waals surface area contributed by atoms with Crippen LogP contribution in [0.5, 0.6) is 0 Å². The van der Waals surface area contributed by atoms with Crippen LogP contribution in [0.3, 0.4) is 0 Å². The first-order chi connectivity index (χ1) is 9.07. The molecule has 0 saturated heterocycles. The van der Waals surface area contributed by atoms with E-state index < -0.39 is 12.3 Å². The fourth-order valence-corrected chi connectivity index (χ4v) is 2.64. The van der Waals surface area contributed by atoms with Crippen LogP contribution in [0.4, 0.5) is 13.2 Å². The Bertz CT molecular complexity index is 560. The van der Waals surface area contributed by atoms with E-state index in [2.05, 4.69) is 0 Å². The van der Waals surface area contributed by atoms with Crippen LogP contribution in [0, 0.1) is 0 Å². The van der Waals surface area contributed by atoms with Crippen molar-refractivity contribution in [2.45, 2.75) is 18.9 Å². The lowest BCUT2D eigenvalue weighted by molar-refractivity contribution is -0.259. The lowest BCUT2D eigenvalue weighted by Crippen LogP contribution is -2.46. The van der Waals surface area contributed by atoms with Gasteiger partial charge in [0, 0.05) is 25.0 Å². The summed E-state index contributed by atoms with van der Waals surface area (Å²) in [6.45, 7) is 0.343. The molecule has 2 aromatic rings. The molecule has 2 heterocycles. The second-order valence-corrected chi connectivity index (χ2v) is 4.60. The van der Waals surface area contributed by atoms with E-state index in [9.17, 15) is 13.2 Å². The SMILES string of the molecule is FC(F)(F)N1CCn2cccc2C1c1ccccc1. The van der Waals surface area contributed by atoms with Crippen molar-refractivity contribution < 1.29 is 13.2 Å². The van der Waals surface area contributed by atoms with E-state index in [1.54, 1.807) is 36.4 Å². The van der Waals surface area contributed by atoms with Gasteiger partial charge in [-0.2, -0.15) is 18.1 Å². The molecule has 5 heteroatoms. The average molecular weight is 266 g/mol. The first kappa shape index (κ1) is 12.3. The Morgan fingerprint density at radius 3 is 2.37 bits per heavy atom. The highest BCUT2D eigenvalue weighted by Crippen LogP contribution is 2.38. The molecule has 0 N–H and O–H groups in total. The van der Waals surface area contributed by atoms with E-state index in [0.29, 0.717) is 22.7 Å². The zero-order valence-corrected chi connectivity index (χ0v) is 10.1. The molecule has 0 amide bonds. The van der Waals surface area contributed by atoms with Crippen molar-refractivity contribution in [1.29, 1.82) is 0 Å². The van der Waals surface area contributed by atoms with E-state index in [-0.39, 0.29) is 6.54 Å². The molecule has 19 heavy (non-hydrogen) atoms. The molecule has 2 nitrogen and oxygen atoms in total. The van der Waals surface area contributed by atoms with Gasteiger partial charge in [0.15, 0.2) is 0 Å². The Hall–Kier alpha value is -1.75. The number of benzene rings is 1. The van der Waals surface area contributed by atoms with Crippen LogP contribution >= 0.6 is 0 Å². The molecule has 3 rings (SSSR count). The number of aromatic nitrogens is 1. The molecule has 1 aromatic carbocycles. The van der Waals surface area contributed by atoms with Crippen molar-refractivity contribution in [2.24, 2.45) is 0 Å². The van der Waals surface area contributed by atoms with Crippen molar-refractivity contribution in [2.75, 3.05) is 6.54 Å². The average Bonchev–Trinajstić information content (AvgIpc) is 2.85. The summed E-state index contributed by atoms with van der Waals surface area (Å²) in [7, 11) is 0. The van der Waals surface area contributed by atoms with Crippen LogP contribution in [-0.2, 0) is 6.54 Å². The normalized spacial score (nSPS) is 20.3. The number of hydrogen-bond donors (Lipinski definition) is 0. The van der Waals surface area contributed by atoms with E-state index in [1.165, 1.54) is 0 Å². The predicted octanol–water partition coefficient (Wildman–Crippen LogP) is 3.41. The Morgan fingerprint density at radius 1 is 0.947 bits per heavy atom. The summed E-state index contributed by atoms with van der Waals surface area (Å²) < 4.78 is 41.5. The third kappa shape index (κ3) is 2.14. The number of nitrogens with zero attached hydrogens (tertiary/aromatic N) is 2. The topological polar surface area (TPSA) is 8.17 Å². The van der Waals surface area contributed by atoms with Gasteiger partial charge in [-0.3, -0.25) is 0 Å². The van der Waals surface area contributed by atoms with Gasteiger partial charge in [0.2, 0.25) is 0 Å². The highest BCUT2D eigenvalue weighted by atomic mass is 19.4. The van der Waals surface area contributed by atoms with Crippen molar-refractivity contribution >= 4 is 0 Å². The lowest BCUT2D eigenvalue weighted by Gasteiger charge is -2.38. The van der Waals surface area contributed by atoms with Gasteiger partial charge < -0.3 is 4.57 Å². The van der Waals surface area contributed by atoms with Crippen LogP contribution in [0.15, 0.2) is 48.7 Å². The molecule has 1 aromatic heterocycles. The summed E-state index contributed by atoms with van der Waals surface area (Å²) in [5, 5.41) is 0. The third-order valence-corrected chi connectivity index (χ3v) is 3.48. The van der Waals surface area contributed by atoms with Gasteiger partial charge in [0.25, 0.3) is 0 Å². The van der Waals surface area contributed by atoms with Crippen molar-refractivity contribution in [1.82, 2.24) is 9.47 Å². The van der Waals surface area contributed by atoms with Gasteiger partial charge in [-0.25, -0.2) is 0 Å². The number of halogens is 3. The first-order valence-electron chi connectivity index (χ1n) is 6.11. The molecule has 1 unspecified atom stereocenters. The van der Waals surface area contributed by atoms with Crippen LogP contribution in [0.2, 0.25) is 0 Å². The van der Waals surface area contributed by atoms with E-state index in [4.69, 9.17) is 0 Å². The largest absolute Gasteiger partial charge is 0.460 e. The summed E-state index contributed by atoms with van der Waals surface area (Å²) >= 11 is 0. The summed E-state index contributed by atoms with van der Waals surface area (Å²) in [4.78, 5) is 0.609. The van der Waals surface area contributed by atoms with Gasteiger partial charge >= 0.3 is 6.30 Å². The number of hydrogen-bond acceptors (Lipinski definition) is 1. The Kier molecular flexibility index (Phi) is 2.86. The third-order valence-electron chi connectivity index (χ3n) is 3.48. The Labute approximate surface area is 109 Å². The monoisotopic (exact) mass is 266 g/mol. The number of alkyl halides is 3. The minimum absolute atomic E-state index is 0.0231. The molecule has 0 radical (unpaired) electrons. The molecule has 0 spiro atoms. The predicted molar refractivity (Wildman–Crippen MR) is 65.5 cm³/mol. The molecule has 0 fully saturated rings. The summed E-state index contributed by atoms with van der Waals surface area (Å²) in [5.74, 6) is 0. The second-order valence-electron chi connectivity index (χ2n) is 4.60. The van der Waals surface area contributed by atoms with E-state index in [0.717, 1.165) is 0 Å². The molecule has 1 aliphatic heterocycles. The summed E-state index contributed by atoms with van der Waals surface area (Å²) in [5.41, 5.74) is 1.36. The molecular formula is C14H13F3N2. The molecular weight excluding hydrogens is 253 g/mol. The van der Waals surface area contributed by atoms with Gasteiger partial charge in [-0.05, 0) is 17.7 Å². The van der Waals surface area contributed by atoms with Gasteiger partial charge in [0.1, 0.15) is 0 Å². The maximum absolute atomic E-state index is 13.2. The molecule has 0 aliphatic carbocycles. The molecule has 1 aliphatic rings. The van der Waals surface area contributed by atoms with E-state index in [1.807, 2.05) is 16.8 Å². The van der Waals surface area contributed by atoms with Gasteiger partial charge in [0.05, 0.1) is 6.04 Å². The molecule has 100 valence electrons. The summed E-state index contributed by atoms with van der Waals surface area (Å²) in [6, 6.07) is 11.6. The highest BCUT2D eigenvalue weighted by Gasteiger charge is 2.45. The van der Waals surface area contributed by atoms with Crippen LogP contribution < -0.4 is 0 Å². The van der Waals surface area contributed by atoms with Crippen molar-refractivity contribution in [3.63, 3.8) is 0 Å². The van der Waals surface area contributed by atoms with Gasteiger partial charge in [-0.15, -0.1) is 0 Å². The minimum Gasteiger partial charge on any atom is -0.348 e. The molecule has 0 saturated carbocycles. The smallest absolute Gasteiger partial charge is 0.348 e. The van der Waals surface area contributed by atoms with Crippen molar-refractivity contribution in [3.8, 4) is 0 Å². The second kappa shape index (κ2) is 4.42. The van der Waals surface area contributed by atoms with E-state index >= 15 is 0 Å². The Morgan fingerprint density at radius 2 is 1.68 bits per heavy atom. The minimum atomic E-state index is -4.32.